The lowest BCUT2D eigenvalue weighted by Gasteiger charge is -2.14. The van der Waals surface area contributed by atoms with Gasteiger partial charge in [0, 0.05) is 19.9 Å². The van der Waals surface area contributed by atoms with Gasteiger partial charge in [-0.15, -0.1) is 35.3 Å². The molecular weight excluding hydrogens is 447 g/mol. The normalized spacial score (nSPS) is 22.8. The molecule has 0 bridgehead atoms. The summed E-state index contributed by atoms with van der Waals surface area (Å²) >= 11 is 21.6. The van der Waals surface area contributed by atoms with Gasteiger partial charge >= 0.3 is 0 Å². The largest absolute Gasteiger partial charge is 0.110 e. The van der Waals surface area contributed by atoms with Crippen molar-refractivity contribution in [3.63, 3.8) is 0 Å². The molecule has 0 N–H and O–H groups in total. The van der Waals surface area contributed by atoms with E-state index in [-0.39, 0.29) is 0 Å². The molecule has 2 atom stereocenters. The maximum absolute atomic E-state index is 5.98. The Labute approximate surface area is 179 Å². The van der Waals surface area contributed by atoms with Crippen molar-refractivity contribution in [1.29, 1.82) is 0 Å². The highest BCUT2D eigenvalue weighted by molar-refractivity contribution is 8.46. The summed E-state index contributed by atoms with van der Waals surface area (Å²) in [6.45, 7) is 0. The Morgan fingerprint density at radius 2 is 1.04 bits per heavy atom. The van der Waals surface area contributed by atoms with Crippen molar-refractivity contribution >= 4 is 91.8 Å². The van der Waals surface area contributed by atoms with E-state index in [9.17, 15) is 0 Å². The summed E-state index contributed by atoms with van der Waals surface area (Å²) in [4.78, 5) is 2.66. The van der Waals surface area contributed by atoms with Crippen LogP contribution in [0.15, 0.2) is 59.3 Å². The lowest BCUT2D eigenvalue weighted by molar-refractivity contribution is 1.65. The predicted molar refractivity (Wildman–Crippen MR) is 124 cm³/mol. The fourth-order valence-electron chi connectivity index (χ4n) is 2.26. The molecule has 2 aromatic carbocycles. The second-order valence-electron chi connectivity index (χ2n) is 5.20. The molecular formula is C18H12Cl2S5. The van der Waals surface area contributed by atoms with Crippen LogP contribution in [0.1, 0.15) is 11.1 Å². The van der Waals surface area contributed by atoms with Crippen molar-refractivity contribution < 1.29 is 0 Å². The Bertz CT molecular complexity index is 745. The molecule has 0 aromatic heterocycles. The third kappa shape index (κ3) is 4.75. The summed E-state index contributed by atoms with van der Waals surface area (Å²) in [6.07, 6.45) is 0. The molecule has 2 heterocycles. The third-order valence-corrected chi connectivity index (χ3v) is 11.4. The lowest BCUT2D eigenvalue weighted by Crippen LogP contribution is -1.92. The maximum Gasteiger partial charge on any atom is 0.106 e. The molecule has 128 valence electrons. The second kappa shape index (κ2) is 8.51. The van der Waals surface area contributed by atoms with Gasteiger partial charge in [-0.25, -0.2) is 0 Å². The predicted octanol–water partition coefficient (Wildman–Crippen LogP) is 8.55. The summed E-state index contributed by atoms with van der Waals surface area (Å²) in [6, 6.07) is 16.2. The fourth-order valence-corrected chi connectivity index (χ4v) is 10.7. The lowest BCUT2D eigenvalue weighted by atomic mass is 10.2. The molecule has 7 heteroatoms. The van der Waals surface area contributed by atoms with Crippen LogP contribution in [0.25, 0.3) is 9.81 Å². The van der Waals surface area contributed by atoms with Crippen LogP contribution in [0.3, 0.4) is 0 Å². The van der Waals surface area contributed by atoms with Crippen molar-refractivity contribution in [2.24, 2.45) is 0 Å². The number of benzene rings is 2. The first-order valence-electron chi connectivity index (χ1n) is 7.39. The molecule has 25 heavy (non-hydrogen) atoms. The van der Waals surface area contributed by atoms with Gasteiger partial charge in [-0.3, -0.25) is 0 Å². The van der Waals surface area contributed by atoms with E-state index >= 15 is 0 Å². The Hall–Kier alpha value is 0.250. The molecule has 0 amide bonds. The van der Waals surface area contributed by atoms with Crippen molar-refractivity contribution in [3.8, 4) is 0 Å². The Kier molecular flexibility index (Phi) is 6.33. The zero-order chi connectivity index (χ0) is 17.2. The number of hydrogen-bond donors (Lipinski definition) is 0. The van der Waals surface area contributed by atoms with E-state index in [4.69, 9.17) is 23.2 Å². The molecule has 0 spiro atoms. The Balaban J connectivity index is 1.31. The standard InChI is InChI=1S/C18H12Cl2S5/c19-13-5-1-11(2-6-13)15-9-21-17(23-15)25-18-22-10-16(24-18)12-3-7-14(20)8-4-12/h1-10,17-18H. The zero-order valence-corrected chi connectivity index (χ0v) is 18.3. The van der Waals surface area contributed by atoms with Gasteiger partial charge in [0.25, 0.3) is 0 Å². The molecule has 0 aliphatic carbocycles. The summed E-state index contributed by atoms with van der Waals surface area (Å²) in [5, 5.41) is 6.10. The Morgan fingerprint density at radius 3 is 1.44 bits per heavy atom. The number of hydrogen-bond acceptors (Lipinski definition) is 5. The van der Waals surface area contributed by atoms with E-state index in [1.807, 2.05) is 83.1 Å². The third-order valence-electron chi connectivity index (χ3n) is 3.50. The second-order valence-corrected chi connectivity index (χ2v) is 13.3. The molecule has 0 saturated carbocycles. The van der Waals surface area contributed by atoms with E-state index in [1.54, 1.807) is 0 Å². The minimum absolute atomic E-state index is 0.494. The topological polar surface area (TPSA) is 0 Å². The molecule has 0 saturated heterocycles. The van der Waals surface area contributed by atoms with Gasteiger partial charge in [-0.1, -0.05) is 71.0 Å². The average Bonchev–Trinajstić information content (AvgIpc) is 3.27. The molecule has 2 aromatic rings. The SMILES string of the molecule is Clc1ccc(C2=CSC(SC3SC=C(c4ccc(Cl)cc4)S3)S2)cc1. The monoisotopic (exact) mass is 458 g/mol. The van der Waals surface area contributed by atoms with Crippen LogP contribution < -0.4 is 0 Å². The van der Waals surface area contributed by atoms with Crippen LogP contribution in [0, 0.1) is 0 Å². The van der Waals surface area contributed by atoms with E-state index < -0.39 is 0 Å². The highest BCUT2D eigenvalue weighted by Gasteiger charge is 2.28. The molecule has 4 rings (SSSR count). The summed E-state index contributed by atoms with van der Waals surface area (Å²) in [5.41, 5.74) is 2.49. The van der Waals surface area contributed by atoms with E-state index in [1.165, 1.54) is 20.9 Å². The van der Waals surface area contributed by atoms with Crippen LogP contribution in [0.2, 0.25) is 10.0 Å². The molecule has 2 aliphatic rings. The van der Waals surface area contributed by atoms with Crippen LogP contribution >= 0.6 is 82.0 Å². The smallest absolute Gasteiger partial charge is 0.106 e. The van der Waals surface area contributed by atoms with Crippen LogP contribution in [-0.2, 0) is 0 Å². The highest BCUT2D eigenvalue weighted by Crippen LogP contribution is 2.58. The van der Waals surface area contributed by atoms with Gasteiger partial charge < -0.3 is 0 Å². The summed E-state index contributed by atoms with van der Waals surface area (Å²) in [7, 11) is 0. The van der Waals surface area contributed by atoms with Gasteiger partial charge in [-0.05, 0) is 46.2 Å². The summed E-state index contributed by atoms with van der Waals surface area (Å²) < 4.78 is 0.988. The van der Waals surface area contributed by atoms with Crippen LogP contribution in [-0.4, -0.2) is 7.83 Å². The number of halogens is 2. The summed E-state index contributed by atoms with van der Waals surface area (Å²) in [5.74, 6) is 0. The molecule has 0 nitrogen and oxygen atoms in total. The van der Waals surface area contributed by atoms with Gasteiger partial charge in [0.05, 0.1) is 0 Å². The van der Waals surface area contributed by atoms with E-state index in [2.05, 4.69) is 35.1 Å². The van der Waals surface area contributed by atoms with E-state index in [0.29, 0.717) is 7.83 Å². The van der Waals surface area contributed by atoms with Crippen molar-refractivity contribution in [1.82, 2.24) is 0 Å². The zero-order valence-electron chi connectivity index (χ0n) is 12.7. The van der Waals surface area contributed by atoms with Crippen molar-refractivity contribution in [2.45, 2.75) is 7.83 Å². The van der Waals surface area contributed by atoms with Crippen molar-refractivity contribution in [3.05, 3.63) is 80.5 Å². The molecule has 0 radical (unpaired) electrons. The molecule has 2 unspecified atom stereocenters. The quantitative estimate of drug-likeness (QED) is 0.448. The minimum atomic E-state index is 0.494. The first-order valence-corrected chi connectivity index (χ1v) is 12.7. The van der Waals surface area contributed by atoms with Crippen molar-refractivity contribution in [2.75, 3.05) is 0 Å². The molecule has 0 fully saturated rings. The average molecular weight is 460 g/mol. The van der Waals surface area contributed by atoms with E-state index in [0.717, 1.165) is 10.0 Å². The first kappa shape index (κ1) is 18.6. The molecule has 2 aliphatic heterocycles. The Morgan fingerprint density at radius 1 is 0.640 bits per heavy atom. The minimum Gasteiger partial charge on any atom is -0.110 e. The first-order chi connectivity index (χ1) is 12.2. The fraction of sp³-hybridized carbons (Fsp3) is 0.111. The van der Waals surface area contributed by atoms with Gasteiger partial charge in [0.15, 0.2) is 0 Å². The van der Waals surface area contributed by atoms with Gasteiger partial charge in [0.1, 0.15) is 7.83 Å². The van der Waals surface area contributed by atoms with Gasteiger partial charge in [-0.2, -0.15) is 0 Å². The number of rotatable bonds is 4. The maximum atomic E-state index is 5.98. The highest BCUT2D eigenvalue weighted by atomic mass is 35.5. The number of thioether (sulfide) groups is 5. The van der Waals surface area contributed by atoms with Crippen LogP contribution in [0.4, 0.5) is 0 Å². The van der Waals surface area contributed by atoms with Gasteiger partial charge in [0.2, 0.25) is 0 Å². The van der Waals surface area contributed by atoms with Crippen LogP contribution in [0.5, 0.6) is 0 Å².